The van der Waals surface area contributed by atoms with E-state index in [2.05, 4.69) is 20.4 Å². The number of carbonyl (C=O) groups is 1. The van der Waals surface area contributed by atoms with E-state index >= 15 is 0 Å². The van der Waals surface area contributed by atoms with E-state index in [-0.39, 0.29) is 5.91 Å². The van der Waals surface area contributed by atoms with Crippen molar-refractivity contribution in [2.24, 2.45) is 0 Å². The largest absolute Gasteiger partial charge is 0.354 e. The number of hydrogen-bond donors (Lipinski definition) is 1. The van der Waals surface area contributed by atoms with Gasteiger partial charge in [-0.05, 0) is 31.4 Å². The second-order valence-corrected chi connectivity index (χ2v) is 5.69. The minimum atomic E-state index is -0.121. The lowest BCUT2D eigenvalue weighted by molar-refractivity contribution is 0.0956. The molecule has 3 heterocycles. The number of aromatic nitrogens is 3. The average molecular weight is 291 g/mol. The zero-order valence-corrected chi connectivity index (χ0v) is 12.2. The third-order valence-corrected chi connectivity index (χ3v) is 4.43. The van der Waals surface area contributed by atoms with Gasteiger partial charge in [0.2, 0.25) is 10.3 Å². The summed E-state index contributed by atoms with van der Waals surface area (Å²) in [5.41, 5.74) is 0.578. The Balaban J connectivity index is 1.86. The zero-order chi connectivity index (χ0) is 13.9. The van der Waals surface area contributed by atoms with Crippen LogP contribution in [0, 0.1) is 0 Å². The van der Waals surface area contributed by atoms with Gasteiger partial charge >= 0.3 is 0 Å². The van der Waals surface area contributed by atoms with Crippen molar-refractivity contribution in [3.8, 4) is 5.13 Å². The van der Waals surface area contributed by atoms with Crippen LogP contribution in [-0.4, -0.2) is 40.8 Å². The van der Waals surface area contributed by atoms with Gasteiger partial charge in [-0.1, -0.05) is 11.3 Å². The van der Waals surface area contributed by atoms with Gasteiger partial charge in [-0.25, -0.2) is 0 Å². The molecule has 0 unspecified atom stereocenters. The molecule has 6 nitrogen and oxygen atoms in total. The van der Waals surface area contributed by atoms with Gasteiger partial charge in [-0.2, -0.15) is 0 Å². The molecule has 1 N–H and O–H groups in total. The molecule has 1 saturated heterocycles. The van der Waals surface area contributed by atoms with Crippen LogP contribution in [0.5, 0.6) is 0 Å². The predicted molar refractivity (Wildman–Crippen MR) is 78.7 cm³/mol. The van der Waals surface area contributed by atoms with Gasteiger partial charge < -0.3 is 10.2 Å². The molecular formula is C13H17N5OS. The standard InChI is InChI=1S/C13H17N5OS/c1-14-11(19)10-6-5-9-18(10)13-16-15-12(20-13)17-7-3-2-4-8-17/h5-6,9H,2-4,7-8H2,1H3,(H,14,19). The summed E-state index contributed by atoms with van der Waals surface area (Å²) in [4.78, 5) is 14.1. The van der Waals surface area contributed by atoms with Gasteiger partial charge in [0.25, 0.3) is 5.91 Å². The summed E-state index contributed by atoms with van der Waals surface area (Å²) >= 11 is 1.53. The van der Waals surface area contributed by atoms with Crippen molar-refractivity contribution in [3.05, 3.63) is 24.0 Å². The van der Waals surface area contributed by atoms with E-state index in [1.807, 2.05) is 12.3 Å². The maximum atomic E-state index is 11.8. The molecule has 0 atom stereocenters. The molecule has 1 fully saturated rings. The van der Waals surface area contributed by atoms with Crippen LogP contribution in [0.1, 0.15) is 29.8 Å². The molecule has 1 aliphatic rings. The van der Waals surface area contributed by atoms with Crippen LogP contribution in [-0.2, 0) is 0 Å². The van der Waals surface area contributed by atoms with E-state index in [0.29, 0.717) is 5.69 Å². The molecule has 0 saturated carbocycles. The Hall–Kier alpha value is -1.89. The van der Waals surface area contributed by atoms with Gasteiger partial charge in [0.15, 0.2) is 0 Å². The highest BCUT2D eigenvalue weighted by atomic mass is 32.1. The number of rotatable bonds is 3. The first-order valence-corrected chi connectivity index (χ1v) is 7.59. The number of piperidine rings is 1. The quantitative estimate of drug-likeness (QED) is 0.934. The minimum Gasteiger partial charge on any atom is -0.354 e. The van der Waals surface area contributed by atoms with Crippen molar-refractivity contribution in [1.82, 2.24) is 20.1 Å². The third kappa shape index (κ3) is 2.40. The summed E-state index contributed by atoms with van der Waals surface area (Å²) in [6.07, 6.45) is 5.55. The summed E-state index contributed by atoms with van der Waals surface area (Å²) in [5.74, 6) is -0.121. The van der Waals surface area contributed by atoms with Gasteiger partial charge in [0.1, 0.15) is 5.69 Å². The SMILES string of the molecule is CNC(=O)c1cccn1-c1nnc(N2CCCCC2)s1. The molecule has 7 heteroatoms. The molecule has 3 rings (SSSR count). The summed E-state index contributed by atoms with van der Waals surface area (Å²) in [5, 5.41) is 12.8. The van der Waals surface area contributed by atoms with Crippen molar-refractivity contribution < 1.29 is 4.79 Å². The van der Waals surface area contributed by atoms with Crippen LogP contribution >= 0.6 is 11.3 Å². The van der Waals surface area contributed by atoms with E-state index < -0.39 is 0 Å². The highest BCUT2D eigenvalue weighted by Crippen LogP contribution is 2.26. The second kappa shape index (κ2) is 5.62. The topological polar surface area (TPSA) is 63.1 Å². The van der Waals surface area contributed by atoms with Gasteiger partial charge in [-0.3, -0.25) is 9.36 Å². The Morgan fingerprint density at radius 3 is 2.75 bits per heavy atom. The van der Waals surface area contributed by atoms with Gasteiger partial charge in [0, 0.05) is 26.3 Å². The number of nitrogens with zero attached hydrogens (tertiary/aromatic N) is 4. The van der Waals surface area contributed by atoms with Gasteiger partial charge in [0.05, 0.1) is 0 Å². The van der Waals surface area contributed by atoms with Crippen molar-refractivity contribution in [2.45, 2.75) is 19.3 Å². The van der Waals surface area contributed by atoms with Crippen molar-refractivity contribution in [3.63, 3.8) is 0 Å². The van der Waals surface area contributed by atoms with Crippen LogP contribution in [0.25, 0.3) is 5.13 Å². The lowest BCUT2D eigenvalue weighted by Gasteiger charge is -2.25. The fourth-order valence-electron chi connectivity index (χ4n) is 2.38. The first-order chi connectivity index (χ1) is 9.79. The molecule has 2 aromatic heterocycles. The molecule has 1 aliphatic heterocycles. The Bertz CT molecular complexity index is 599. The molecule has 0 radical (unpaired) electrons. The molecule has 0 aromatic carbocycles. The van der Waals surface area contributed by atoms with Crippen LogP contribution < -0.4 is 10.2 Å². The van der Waals surface area contributed by atoms with E-state index in [1.54, 1.807) is 17.7 Å². The highest BCUT2D eigenvalue weighted by Gasteiger charge is 2.18. The smallest absolute Gasteiger partial charge is 0.268 e. The maximum absolute atomic E-state index is 11.8. The molecule has 106 valence electrons. The fraction of sp³-hybridized carbons (Fsp3) is 0.462. The lowest BCUT2D eigenvalue weighted by Crippen LogP contribution is -2.29. The number of hydrogen-bond acceptors (Lipinski definition) is 5. The molecule has 20 heavy (non-hydrogen) atoms. The van der Waals surface area contributed by atoms with Crippen LogP contribution in [0.4, 0.5) is 5.13 Å². The number of anilines is 1. The van der Waals surface area contributed by atoms with E-state index in [0.717, 1.165) is 23.4 Å². The molecule has 0 spiro atoms. The maximum Gasteiger partial charge on any atom is 0.268 e. The monoisotopic (exact) mass is 291 g/mol. The lowest BCUT2D eigenvalue weighted by atomic mass is 10.1. The number of amides is 1. The Morgan fingerprint density at radius 1 is 1.25 bits per heavy atom. The fourth-order valence-corrected chi connectivity index (χ4v) is 3.28. The van der Waals surface area contributed by atoms with Crippen molar-refractivity contribution in [1.29, 1.82) is 0 Å². The first kappa shape index (κ1) is 13.1. The van der Waals surface area contributed by atoms with Crippen LogP contribution in [0.3, 0.4) is 0 Å². The predicted octanol–water partition coefficient (Wildman–Crippen LogP) is 1.68. The zero-order valence-electron chi connectivity index (χ0n) is 11.4. The molecule has 0 bridgehead atoms. The minimum absolute atomic E-state index is 0.121. The Kier molecular flexibility index (Phi) is 3.68. The first-order valence-electron chi connectivity index (χ1n) is 6.78. The van der Waals surface area contributed by atoms with Crippen LogP contribution in [0.2, 0.25) is 0 Å². The molecule has 0 aliphatic carbocycles. The number of carbonyl (C=O) groups excluding carboxylic acids is 1. The van der Waals surface area contributed by atoms with E-state index in [4.69, 9.17) is 0 Å². The third-order valence-electron chi connectivity index (χ3n) is 3.44. The Morgan fingerprint density at radius 2 is 2.00 bits per heavy atom. The average Bonchev–Trinajstić information content (AvgIpc) is 3.15. The molecule has 2 aromatic rings. The van der Waals surface area contributed by atoms with E-state index in [9.17, 15) is 4.79 Å². The summed E-state index contributed by atoms with van der Waals surface area (Å²) in [6, 6.07) is 3.62. The highest BCUT2D eigenvalue weighted by molar-refractivity contribution is 7.17. The second-order valence-electron chi connectivity index (χ2n) is 4.76. The normalized spacial score (nSPS) is 15.3. The van der Waals surface area contributed by atoms with Gasteiger partial charge in [-0.15, -0.1) is 10.2 Å². The van der Waals surface area contributed by atoms with E-state index in [1.165, 1.54) is 30.6 Å². The van der Waals surface area contributed by atoms with Crippen molar-refractivity contribution >= 4 is 22.4 Å². The molecular weight excluding hydrogens is 274 g/mol. The summed E-state index contributed by atoms with van der Waals surface area (Å²) < 4.78 is 1.78. The Labute approximate surface area is 121 Å². The van der Waals surface area contributed by atoms with Crippen LogP contribution in [0.15, 0.2) is 18.3 Å². The summed E-state index contributed by atoms with van der Waals surface area (Å²) in [7, 11) is 1.62. The summed E-state index contributed by atoms with van der Waals surface area (Å²) in [6.45, 7) is 2.09. The van der Waals surface area contributed by atoms with Crippen molar-refractivity contribution in [2.75, 3.05) is 25.0 Å². The number of nitrogens with one attached hydrogen (secondary N) is 1. The molecule has 1 amide bonds.